The predicted octanol–water partition coefficient (Wildman–Crippen LogP) is 2.56. The van der Waals surface area contributed by atoms with Crippen LogP contribution in [0, 0.1) is 0 Å². The number of carboxylic acids is 1. The van der Waals surface area contributed by atoms with Crippen LogP contribution in [0.25, 0.3) is 0 Å². The smallest absolute Gasteiger partial charge is 0.259 e. The number of carbonyl (C=O) groups excluding carboxylic acids is 3. The van der Waals surface area contributed by atoms with Gasteiger partial charge in [0.05, 0.1) is 29.9 Å². The van der Waals surface area contributed by atoms with Crippen LogP contribution in [0.3, 0.4) is 0 Å². The first-order valence-electron chi connectivity index (χ1n) is 8.65. The summed E-state index contributed by atoms with van der Waals surface area (Å²) in [4.78, 5) is 36.1. The van der Waals surface area contributed by atoms with Gasteiger partial charge in [-0.05, 0) is 42.0 Å². The van der Waals surface area contributed by atoms with Crippen molar-refractivity contribution in [3.63, 3.8) is 0 Å². The Morgan fingerprint density at radius 1 is 0.759 bits per heavy atom. The molecule has 0 fully saturated rings. The number of rotatable bonds is 6. The monoisotopic (exact) mass is 389 g/mol. The van der Waals surface area contributed by atoms with E-state index in [-0.39, 0.29) is 11.1 Å². The number of anilines is 2. The van der Waals surface area contributed by atoms with Crippen LogP contribution in [-0.2, 0) is 0 Å². The van der Waals surface area contributed by atoms with Gasteiger partial charge in [0.2, 0.25) is 0 Å². The summed E-state index contributed by atoms with van der Waals surface area (Å²) in [7, 11) is 1.47. The number of methoxy groups -OCH3 is 1. The van der Waals surface area contributed by atoms with Gasteiger partial charge in [-0.3, -0.25) is 9.59 Å². The number of nitrogens with one attached hydrogen (secondary N) is 2. The molecular formula is C22H17N2O5-. The molecule has 0 aromatic heterocycles. The molecule has 146 valence electrons. The standard InChI is InChI=1S/C22H18N2O5/c1-29-19-9-5-3-7-17(19)21(26)24-18-8-4-2-6-16(18)20(25)23-15-12-10-14(11-13-15)22(27)28/h2-13H,1H3,(H,23,25)(H,24,26)(H,27,28)/p-1. The third kappa shape index (κ3) is 4.59. The van der Waals surface area contributed by atoms with Crippen molar-refractivity contribution >= 4 is 29.2 Å². The molecule has 0 aliphatic carbocycles. The van der Waals surface area contributed by atoms with E-state index in [9.17, 15) is 19.5 Å². The summed E-state index contributed by atoms with van der Waals surface area (Å²) in [6.07, 6.45) is 0. The van der Waals surface area contributed by atoms with E-state index in [0.29, 0.717) is 22.7 Å². The maximum atomic E-state index is 12.7. The molecule has 29 heavy (non-hydrogen) atoms. The van der Waals surface area contributed by atoms with Crippen LogP contribution in [0.15, 0.2) is 72.8 Å². The molecular weight excluding hydrogens is 372 g/mol. The zero-order chi connectivity index (χ0) is 20.8. The van der Waals surface area contributed by atoms with Gasteiger partial charge in [0.15, 0.2) is 0 Å². The van der Waals surface area contributed by atoms with Crippen LogP contribution in [-0.4, -0.2) is 24.9 Å². The number of amides is 2. The predicted molar refractivity (Wildman–Crippen MR) is 106 cm³/mol. The number of carboxylic acid groups (broad SMARTS) is 1. The molecule has 0 bridgehead atoms. The lowest BCUT2D eigenvalue weighted by molar-refractivity contribution is -0.255. The molecule has 0 saturated carbocycles. The maximum absolute atomic E-state index is 12.7. The third-order valence-corrected chi connectivity index (χ3v) is 4.15. The molecule has 3 rings (SSSR count). The highest BCUT2D eigenvalue weighted by Crippen LogP contribution is 2.22. The molecule has 7 nitrogen and oxygen atoms in total. The lowest BCUT2D eigenvalue weighted by Gasteiger charge is -2.13. The van der Waals surface area contributed by atoms with E-state index in [1.54, 1.807) is 48.5 Å². The first-order chi connectivity index (χ1) is 14.0. The zero-order valence-electron chi connectivity index (χ0n) is 15.5. The van der Waals surface area contributed by atoms with Gasteiger partial charge in [-0.1, -0.05) is 36.4 Å². The minimum atomic E-state index is -1.30. The number of aromatic carboxylic acids is 1. The van der Waals surface area contributed by atoms with Crippen molar-refractivity contribution in [2.24, 2.45) is 0 Å². The van der Waals surface area contributed by atoms with E-state index in [1.807, 2.05) is 0 Å². The normalized spacial score (nSPS) is 10.1. The number of hydrogen-bond acceptors (Lipinski definition) is 5. The molecule has 0 heterocycles. The Hall–Kier alpha value is -4.13. The lowest BCUT2D eigenvalue weighted by Crippen LogP contribution is -2.22. The molecule has 0 unspecified atom stereocenters. The molecule has 2 amide bonds. The molecule has 3 aromatic rings. The molecule has 0 aliphatic heterocycles. The fourth-order valence-electron chi connectivity index (χ4n) is 2.70. The summed E-state index contributed by atoms with van der Waals surface area (Å²) in [6, 6.07) is 18.9. The van der Waals surface area contributed by atoms with E-state index in [4.69, 9.17) is 4.74 Å². The molecule has 0 aliphatic rings. The number of hydrogen-bond donors (Lipinski definition) is 2. The van der Waals surface area contributed by atoms with Crippen molar-refractivity contribution in [3.05, 3.63) is 89.5 Å². The van der Waals surface area contributed by atoms with Crippen LogP contribution in [0.5, 0.6) is 5.75 Å². The van der Waals surface area contributed by atoms with Crippen molar-refractivity contribution in [2.75, 3.05) is 17.7 Å². The number of benzene rings is 3. The Labute approximate surface area is 166 Å². The van der Waals surface area contributed by atoms with Crippen molar-refractivity contribution in [3.8, 4) is 5.75 Å². The molecule has 3 aromatic carbocycles. The summed E-state index contributed by atoms with van der Waals surface area (Å²) < 4.78 is 5.20. The van der Waals surface area contributed by atoms with Crippen LogP contribution >= 0.6 is 0 Å². The molecule has 7 heteroatoms. The summed E-state index contributed by atoms with van der Waals surface area (Å²) >= 11 is 0. The largest absolute Gasteiger partial charge is 0.545 e. The van der Waals surface area contributed by atoms with E-state index in [2.05, 4.69) is 10.6 Å². The quantitative estimate of drug-likeness (QED) is 0.674. The van der Waals surface area contributed by atoms with E-state index in [0.717, 1.165) is 0 Å². The fourth-order valence-corrected chi connectivity index (χ4v) is 2.70. The van der Waals surface area contributed by atoms with Gasteiger partial charge in [0, 0.05) is 5.69 Å². The Bertz CT molecular complexity index is 1060. The topological polar surface area (TPSA) is 108 Å². The van der Waals surface area contributed by atoms with Crippen molar-refractivity contribution in [1.29, 1.82) is 0 Å². The van der Waals surface area contributed by atoms with Crippen molar-refractivity contribution in [1.82, 2.24) is 0 Å². The van der Waals surface area contributed by atoms with Gasteiger partial charge < -0.3 is 25.3 Å². The van der Waals surface area contributed by atoms with Gasteiger partial charge >= 0.3 is 0 Å². The van der Waals surface area contributed by atoms with Gasteiger partial charge in [0.25, 0.3) is 11.8 Å². The van der Waals surface area contributed by atoms with Gasteiger partial charge in [-0.25, -0.2) is 0 Å². The van der Waals surface area contributed by atoms with Crippen LogP contribution in [0.2, 0.25) is 0 Å². The summed E-state index contributed by atoms with van der Waals surface area (Å²) in [5.74, 6) is -1.75. The first-order valence-corrected chi connectivity index (χ1v) is 8.65. The lowest BCUT2D eigenvalue weighted by atomic mass is 10.1. The number of ether oxygens (including phenoxy) is 1. The molecule has 0 saturated heterocycles. The van der Waals surface area contributed by atoms with E-state index >= 15 is 0 Å². The first kappa shape index (κ1) is 19.6. The summed E-state index contributed by atoms with van der Waals surface area (Å²) in [5.41, 5.74) is 1.33. The third-order valence-electron chi connectivity index (χ3n) is 4.15. The highest BCUT2D eigenvalue weighted by molar-refractivity contribution is 6.13. The minimum Gasteiger partial charge on any atom is -0.545 e. The van der Waals surface area contributed by atoms with Crippen molar-refractivity contribution < 1.29 is 24.2 Å². The highest BCUT2D eigenvalue weighted by Gasteiger charge is 2.16. The van der Waals surface area contributed by atoms with E-state index < -0.39 is 17.8 Å². The maximum Gasteiger partial charge on any atom is 0.259 e. The van der Waals surface area contributed by atoms with Crippen molar-refractivity contribution in [2.45, 2.75) is 0 Å². The molecule has 2 N–H and O–H groups in total. The Morgan fingerprint density at radius 2 is 1.34 bits per heavy atom. The number of para-hydroxylation sites is 2. The van der Waals surface area contributed by atoms with Gasteiger partial charge in [-0.2, -0.15) is 0 Å². The Morgan fingerprint density at radius 3 is 2.00 bits per heavy atom. The Balaban J connectivity index is 1.80. The number of carbonyl (C=O) groups is 3. The zero-order valence-corrected chi connectivity index (χ0v) is 15.5. The van der Waals surface area contributed by atoms with Crippen LogP contribution in [0.1, 0.15) is 31.1 Å². The van der Waals surface area contributed by atoms with E-state index in [1.165, 1.54) is 31.4 Å². The minimum absolute atomic E-state index is 0.00692. The second-order valence-corrected chi connectivity index (χ2v) is 6.02. The molecule has 0 spiro atoms. The second kappa shape index (κ2) is 8.71. The highest BCUT2D eigenvalue weighted by atomic mass is 16.5. The Kier molecular flexibility index (Phi) is 5.89. The van der Waals surface area contributed by atoms with Crippen LogP contribution in [0.4, 0.5) is 11.4 Å². The average molecular weight is 389 g/mol. The SMILES string of the molecule is COc1ccccc1C(=O)Nc1ccccc1C(=O)Nc1ccc(C(=O)[O-])cc1. The molecule has 0 atom stereocenters. The summed E-state index contributed by atoms with van der Waals surface area (Å²) in [5, 5.41) is 16.2. The average Bonchev–Trinajstić information content (AvgIpc) is 2.74. The van der Waals surface area contributed by atoms with Gasteiger partial charge in [0.1, 0.15) is 5.75 Å². The van der Waals surface area contributed by atoms with Gasteiger partial charge in [-0.15, -0.1) is 0 Å². The van der Waals surface area contributed by atoms with Crippen LogP contribution < -0.4 is 20.5 Å². The second-order valence-electron chi connectivity index (χ2n) is 6.02. The fraction of sp³-hybridized carbons (Fsp3) is 0.0455. The molecule has 0 radical (unpaired) electrons. The summed E-state index contributed by atoms with van der Waals surface area (Å²) in [6.45, 7) is 0.